The minimum atomic E-state index is 0.0533. The van der Waals surface area contributed by atoms with E-state index in [1.165, 1.54) is 24.0 Å². The molecule has 124 valence electrons. The van der Waals surface area contributed by atoms with E-state index in [0.29, 0.717) is 12.1 Å². The van der Waals surface area contributed by atoms with Crippen LogP contribution in [0.1, 0.15) is 40.7 Å². The molecule has 1 aliphatic carbocycles. The SMILES string of the molecule is Cc1ccc(C(=O)N[C@@H]2C[C@H]3CO[C@H](C4CC4)CN3C2)cc1C. The lowest BCUT2D eigenvalue weighted by atomic mass is 10.1. The number of carbonyl (C=O) groups is 1. The van der Waals surface area contributed by atoms with Crippen molar-refractivity contribution in [2.75, 3.05) is 19.7 Å². The van der Waals surface area contributed by atoms with Gasteiger partial charge in [0.25, 0.3) is 5.91 Å². The molecule has 4 rings (SSSR count). The average molecular weight is 314 g/mol. The van der Waals surface area contributed by atoms with Crippen LogP contribution in [0.5, 0.6) is 0 Å². The van der Waals surface area contributed by atoms with E-state index < -0.39 is 0 Å². The number of aryl methyl sites for hydroxylation is 2. The molecular weight excluding hydrogens is 288 g/mol. The summed E-state index contributed by atoms with van der Waals surface area (Å²) in [5.74, 6) is 0.845. The summed E-state index contributed by atoms with van der Waals surface area (Å²) >= 11 is 0. The number of hydrogen-bond acceptors (Lipinski definition) is 3. The minimum Gasteiger partial charge on any atom is -0.375 e. The molecule has 2 saturated heterocycles. The van der Waals surface area contributed by atoms with Gasteiger partial charge in [0.1, 0.15) is 0 Å². The topological polar surface area (TPSA) is 41.6 Å². The lowest BCUT2D eigenvalue weighted by molar-refractivity contribution is -0.0581. The maximum atomic E-state index is 12.5. The van der Waals surface area contributed by atoms with E-state index in [-0.39, 0.29) is 11.9 Å². The van der Waals surface area contributed by atoms with Crippen molar-refractivity contribution >= 4 is 5.91 Å². The first-order valence-electron chi connectivity index (χ1n) is 8.84. The van der Waals surface area contributed by atoms with Crippen molar-refractivity contribution in [3.05, 3.63) is 34.9 Å². The van der Waals surface area contributed by atoms with Gasteiger partial charge in [-0.15, -0.1) is 0 Å². The standard InChI is InChI=1S/C19H26N2O2/c1-12-3-4-15(7-13(12)2)19(22)20-16-8-17-11-23-18(14-5-6-14)10-21(17)9-16/h3-4,7,14,16-18H,5-6,8-11H2,1-2H3,(H,20,22)/t16-,17+,18+/m1/s1. The first-order valence-corrected chi connectivity index (χ1v) is 8.84. The van der Waals surface area contributed by atoms with Crippen molar-refractivity contribution in [2.24, 2.45) is 5.92 Å². The van der Waals surface area contributed by atoms with Gasteiger partial charge in [-0.2, -0.15) is 0 Å². The zero-order valence-corrected chi connectivity index (χ0v) is 14.0. The maximum Gasteiger partial charge on any atom is 0.251 e. The second-order valence-corrected chi connectivity index (χ2v) is 7.52. The molecule has 1 aromatic carbocycles. The Morgan fingerprint density at radius 2 is 2.04 bits per heavy atom. The fourth-order valence-corrected chi connectivity index (χ4v) is 3.91. The molecule has 1 amide bonds. The van der Waals surface area contributed by atoms with Crippen molar-refractivity contribution in [1.82, 2.24) is 10.2 Å². The zero-order valence-electron chi connectivity index (χ0n) is 14.0. The minimum absolute atomic E-state index is 0.0533. The molecule has 0 unspecified atom stereocenters. The second kappa shape index (κ2) is 5.91. The molecule has 2 aliphatic heterocycles. The van der Waals surface area contributed by atoms with Gasteiger partial charge >= 0.3 is 0 Å². The highest BCUT2D eigenvalue weighted by molar-refractivity contribution is 5.94. The molecule has 0 spiro atoms. The fourth-order valence-electron chi connectivity index (χ4n) is 3.91. The molecule has 4 nitrogen and oxygen atoms in total. The van der Waals surface area contributed by atoms with Gasteiger partial charge in [0.15, 0.2) is 0 Å². The van der Waals surface area contributed by atoms with Gasteiger partial charge in [-0.25, -0.2) is 0 Å². The van der Waals surface area contributed by atoms with Crippen LogP contribution in [0.3, 0.4) is 0 Å². The number of ether oxygens (including phenoxy) is 1. The van der Waals surface area contributed by atoms with E-state index in [4.69, 9.17) is 4.74 Å². The Hall–Kier alpha value is -1.39. The fraction of sp³-hybridized carbons (Fsp3) is 0.632. The maximum absolute atomic E-state index is 12.5. The van der Waals surface area contributed by atoms with Crippen LogP contribution in [0.15, 0.2) is 18.2 Å². The summed E-state index contributed by atoms with van der Waals surface area (Å²) in [6, 6.07) is 6.66. The molecule has 4 heteroatoms. The summed E-state index contributed by atoms with van der Waals surface area (Å²) in [5.41, 5.74) is 3.16. The van der Waals surface area contributed by atoms with Gasteiger partial charge < -0.3 is 10.1 Å². The van der Waals surface area contributed by atoms with Crippen LogP contribution in [0.2, 0.25) is 0 Å². The lowest BCUT2D eigenvalue weighted by Gasteiger charge is -2.35. The summed E-state index contributed by atoms with van der Waals surface area (Å²) in [6.45, 7) is 6.97. The average Bonchev–Trinajstić information content (AvgIpc) is 3.30. The Morgan fingerprint density at radius 1 is 1.22 bits per heavy atom. The molecule has 0 radical (unpaired) electrons. The highest BCUT2D eigenvalue weighted by Gasteiger charge is 2.42. The van der Waals surface area contributed by atoms with Gasteiger partial charge in [0, 0.05) is 30.7 Å². The Labute approximate surface area is 138 Å². The van der Waals surface area contributed by atoms with E-state index in [1.54, 1.807) is 0 Å². The largest absolute Gasteiger partial charge is 0.375 e. The van der Waals surface area contributed by atoms with Crippen LogP contribution in [0.25, 0.3) is 0 Å². The highest BCUT2D eigenvalue weighted by Crippen LogP contribution is 2.37. The normalized spacial score (nSPS) is 31.0. The number of nitrogens with one attached hydrogen (secondary N) is 1. The molecule has 1 N–H and O–H groups in total. The summed E-state index contributed by atoms with van der Waals surface area (Å²) in [6.07, 6.45) is 4.10. The Morgan fingerprint density at radius 3 is 2.78 bits per heavy atom. The van der Waals surface area contributed by atoms with Crippen LogP contribution in [0.4, 0.5) is 0 Å². The van der Waals surface area contributed by atoms with Gasteiger partial charge in [-0.3, -0.25) is 9.69 Å². The molecule has 3 aliphatic rings. The summed E-state index contributed by atoms with van der Waals surface area (Å²) in [7, 11) is 0. The van der Waals surface area contributed by atoms with Gasteiger partial charge in [-0.05, 0) is 62.3 Å². The number of amides is 1. The number of fused-ring (bicyclic) bond motifs is 1. The van der Waals surface area contributed by atoms with Crippen molar-refractivity contribution in [3.63, 3.8) is 0 Å². The van der Waals surface area contributed by atoms with E-state index in [2.05, 4.69) is 24.1 Å². The number of hydrogen-bond donors (Lipinski definition) is 1. The number of rotatable bonds is 3. The second-order valence-electron chi connectivity index (χ2n) is 7.52. The molecule has 1 aromatic rings. The first-order chi connectivity index (χ1) is 11.1. The third-order valence-corrected chi connectivity index (χ3v) is 5.70. The molecular formula is C19H26N2O2. The third-order valence-electron chi connectivity index (χ3n) is 5.70. The monoisotopic (exact) mass is 314 g/mol. The molecule has 0 bridgehead atoms. The van der Waals surface area contributed by atoms with E-state index >= 15 is 0 Å². The van der Waals surface area contributed by atoms with Gasteiger partial charge in [0.05, 0.1) is 12.7 Å². The van der Waals surface area contributed by atoms with Gasteiger partial charge in [-0.1, -0.05) is 6.07 Å². The molecule has 2 heterocycles. The van der Waals surface area contributed by atoms with Crippen LogP contribution in [0, 0.1) is 19.8 Å². The molecule has 0 aromatic heterocycles. The van der Waals surface area contributed by atoms with Crippen molar-refractivity contribution in [3.8, 4) is 0 Å². The Bertz CT molecular complexity index is 611. The zero-order chi connectivity index (χ0) is 16.0. The van der Waals surface area contributed by atoms with Crippen LogP contribution in [-0.4, -0.2) is 48.7 Å². The van der Waals surface area contributed by atoms with Crippen molar-refractivity contribution < 1.29 is 9.53 Å². The van der Waals surface area contributed by atoms with Crippen LogP contribution in [-0.2, 0) is 4.74 Å². The van der Waals surface area contributed by atoms with Crippen molar-refractivity contribution in [2.45, 2.75) is 51.3 Å². The summed E-state index contributed by atoms with van der Waals surface area (Å²) in [5, 5.41) is 3.22. The Balaban J connectivity index is 1.36. The number of carbonyl (C=O) groups excluding carboxylic acids is 1. The highest BCUT2D eigenvalue weighted by atomic mass is 16.5. The quantitative estimate of drug-likeness (QED) is 0.931. The smallest absolute Gasteiger partial charge is 0.251 e. The molecule has 3 fully saturated rings. The summed E-state index contributed by atoms with van der Waals surface area (Å²) < 4.78 is 6.03. The summed E-state index contributed by atoms with van der Waals surface area (Å²) in [4.78, 5) is 15.0. The third kappa shape index (κ3) is 3.15. The Kier molecular flexibility index (Phi) is 3.90. The van der Waals surface area contributed by atoms with E-state index in [9.17, 15) is 4.79 Å². The number of morpholine rings is 1. The number of nitrogens with zero attached hydrogens (tertiary/aromatic N) is 1. The van der Waals surface area contributed by atoms with E-state index in [1.807, 2.05) is 18.2 Å². The van der Waals surface area contributed by atoms with Crippen LogP contribution >= 0.6 is 0 Å². The number of benzene rings is 1. The predicted octanol–water partition coefficient (Wildman–Crippen LogP) is 2.28. The molecule has 3 atom stereocenters. The molecule has 1 saturated carbocycles. The van der Waals surface area contributed by atoms with Crippen LogP contribution < -0.4 is 5.32 Å². The van der Waals surface area contributed by atoms with E-state index in [0.717, 1.165) is 37.6 Å². The van der Waals surface area contributed by atoms with Crippen molar-refractivity contribution in [1.29, 1.82) is 0 Å². The first kappa shape index (κ1) is 15.2. The molecule has 23 heavy (non-hydrogen) atoms. The lowest BCUT2D eigenvalue weighted by Crippen LogP contribution is -2.47. The van der Waals surface area contributed by atoms with Gasteiger partial charge in [0.2, 0.25) is 0 Å². The predicted molar refractivity (Wildman–Crippen MR) is 89.6 cm³/mol.